The largest absolute Gasteiger partial charge is 0.397 e. The number of nitrogen functional groups attached to an aromatic ring is 1. The first-order valence-corrected chi connectivity index (χ1v) is 13.1. The van der Waals surface area contributed by atoms with Crippen LogP contribution in [0.5, 0.6) is 0 Å². The lowest BCUT2D eigenvalue weighted by Gasteiger charge is -2.26. The first-order chi connectivity index (χ1) is 16.7. The number of nitrogens with one attached hydrogen (secondary N) is 1. The topological polar surface area (TPSA) is 119 Å². The van der Waals surface area contributed by atoms with Crippen LogP contribution in [0.2, 0.25) is 0 Å². The van der Waals surface area contributed by atoms with E-state index in [0.717, 1.165) is 65.3 Å². The molecule has 3 aromatic heterocycles. The number of aromatic nitrogens is 2. The molecule has 1 aliphatic heterocycles. The number of rotatable bonds is 5. The van der Waals surface area contributed by atoms with Gasteiger partial charge in [0.2, 0.25) is 0 Å². The van der Waals surface area contributed by atoms with Crippen LogP contribution in [-0.4, -0.2) is 53.3 Å². The van der Waals surface area contributed by atoms with E-state index in [0.29, 0.717) is 10.6 Å². The minimum absolute atomic E-state index is 0.0148. The average Bonchev–Trinajstić information content (AvgIpc) is 3.32. The summed E-state index contributed by atoms with van der Waals surface area (Å²) in [7, 11) is 0. The number of carbonyl (C=O) groups is 1. The quantitative estimate of drug-likeness (QED) is 0.498. The van der Waals surface area contributed by atoms with Gasteiger partial charge in [-0.15, -0.1) is 11.3 Å². The molecule has 35 heavy (non-hydrogen) atoms. The molecule has 9 heteroatoms. The Hall–Kier alpha value is -2.75. The predicted octanol–water partition coefficient (Wildman–Crippen LogP) is 3.12. The molecule has 4 heterocycles. The summed E-state index contributed by atoms with van der Waals surface area (Å²) in [6.45, 7) is 9.54. The molecule has 0 spiro atoms. The van der Waals surface area contributed by atoms with Gasteiger partial charge in [0, 0.05) is 35.9 Å². The highest BCUT2D eigenvalue weighted by atomic mass is 32.1. The van der Waals surface area contributed by atoms with E-state index in [4.69, 9.17) is 21.2 Å². The highest BCUT2D eigenvalue weighted by Gasteiger charge is 2.33. The summed E-state index contributed by atoms with van der Waals surface area (Å²) >= 11 is 1.37. The second kappa shape index (κ2) is 9.37. The Labute approximate surface area is 210 Å². The number of hydrogen-bond acceptors (Lipinski definition) is 8. The lowest BCUT2D eigenvalue weighted by Crippen LogP contribution is -2.39. The molecule has 0 saturated carbocycles. The molecule has 5 N–H and O–H groups in total. The molecular formula is C26H34N6O2S. The number of pyridine rings is 2. The van der Waals surface area contributed by atoms with Crippen molar-refractivity contribution in [2.45, 2.75) is 71.2 Å². The van der Waals surface area contributed by atoms with Crippen LogP contribution in [0, 0.1) is 13.8 Å². The van der Waals surface area contributed by atoms with Gasteiger partial charge in [-0.1, -0.05) is 6.07 Å². The molecule has 2 aliphatic rings. The third kappa shape index (κ3) is 4.72. The van der Waals surface area contributed by atoms with Crippen LogP contribution in [0.3, 0.4) is 0 Å². The number of aryl methyl sites for hydroxylation is 3. The zero-order valence-electron chi connectivity index (χ0n) is 20.8. The summed E-state index contributed by atoms with van der Waals surface area (Å²) in [6.07, 6.45) is 2.60. The maximum atomic E-state index is 13.1. The Kier molecular flexibility index (Phi) is 6.41. The molecule has 8 nitrogen and oxygen atoms in total. The highest BCUT2D eigenvalue weighted by Crippen LogP contribution is 2.35. The molecule has 3 aromatic rings. The van der Waals surface area contributed by atoms with Crippen LogP contribution in [0.4, 0.5) is 11.5 Å². The van der Waals surface area contributed by atoms with Crippen LogP contribution < -0.4 is 21.7 Å². The summed E-state index contributed by atoms with van der Waals surface area (Å²) in [4.78, 5) is 26.2. The van der Waals surface area contributed by atoms with Crippen molar-refractivity contribution in [1.82, 2.24) is 15.3 Å². The van der Waals surface area contributed by atoms with Crippen molar-refractivity contribution >= 4 is 39.0 Å². The Morgan fingerprint density at radius 1 is 1.26 bits per heavy atom. The third-order valence-corrected chi connectivity index (χ3v) is 7.99. The number of nitrogens with zero attached hydrogens (tertiary/aromatic N) is 3. The van der Waals surface area contributed by atoms with E-state index in [1.165, 1.54) is 16.9 Å². The Bertz CT molecular complexity index is 1270. The van der Waals surface area contributed by atoms with Crippen molar-refractivity contribution in [1.29, 1.82) is 0 Å². The van der Waals surface area contributed by atoms with E-state index >= 15 is 0 Å². The van der Waals surface area contributed by atoms with Gasteiger partial charge in [0.1, 0.15) is 15.5 Å². The zero-order valence-corrected chi connectivity index (χ0v) is 21.6. The number of nitrogens with two attached hydrogens (primary N) is 2. The van der Waals surface area contributed by atoms with Crippen LogP contribution in [0.25, 0.3) is 10.2 Å². The SMILES string of the molecule is Cc1cc(C)c2c(N)c(C(=O)NC3CCc4nc(N5CC(N)C(OC(C)C)C5)ccc4C3)sc2n1. The van der Waals surface area contributed by atoms with Crippen molar-refractivity contribution in [2.75, 3.05) is 23.7 Å². The van der Waals surface area contributed by atoms with E-state index in [1.807, 2.05) is 33.8 Å². The van der Waals surface area contributed by atoms with Gasteiger partial charge in [0.25, 0.3) is 5.91 Å². The van der Waals surface area contributed by atoms with Crippen LogP contribution in [0.15, 0.2) is 18.2 Å². The molecule has 5 rings (SSSR count). The van der Waals surface area contributed by atoms with Gasteiger partial charge < -0.3 is 26.4 Å². The number of amides is 1. The minimum Gasteiger partial charge on any atom is -0.397 e. The monoisotopic (exact) mass is 494 g/mol. The van der Waals surface area contributed by atoms with Crippen molar-refractivity contribution < 1.29 is 9.53 Å². The standard InChI is InChI=1S/C26H34N6O2S/c1-13(2)34-20-12-32(11-18(20)27)21-8-5-16-10-17(6-7-19(16)31-21)30-25(33)24-23(28)22-14(3)9-15(4)29-26(22)35-24/h5,8-9,13,17-18,20H,6-7,10-12,27-28H2,1-4H3,(H,30,33). The molecular weight excluding hydrogens is 460 g/mol. The normalized spacial score (nSPS) is 22.1. The van der Waals surface area contributed by atoms with Gasteiger partial charge in [-0.25, -0.2) is 9.97 Å². The fourth-order valence-electron chi connectivity index (χ4n) is 5.27. The average molecular weight is 495 g/mol. The van der Waals surface area contributed by atoms with E-state index in [9.17, 15) is 4.79 Å². The predicted molar refractivity (Wildman–Crippen MR) is 141 cm³/mol. The van der Waals surface area contributed by atoms with E-state index < -0.39 is 0 Å². The maximum absolute atomic E-state index is 13.1. The number of fused-ring (bicyclic) bond motifs is 2. The minimum atomic E-state index is -0.122. The fourth-order valence-corrected chi connectivity index (χ4v) is 6.39. The van der Waals surface area contributed by atoms with Gasteiger partial charge in [0.15, 0.2) is 0 Å². The molecule has 1 amide bonds. The number of thiophene rings is 1. The molecule has 1 saturated heterocycles. The second-order valence-corrected chi connectivity index (χ2v) is 11.1. The molecule has 3 atom stereocenters. The second-order valence-electron chi connectivity index (χ2n) is 10.1. The molecule has 1 aliphatic carbocycles. The Balaban J connectivity index is 1.27. The summed E-state index contributed by atoms with van der Waals surface area (Å²) in [5.41, 5.74) is 17.5. The first kappa shape index (κ1) is 24.0. The van der Waals surface area contributed by atoms with Crippen LogP contribution in [0.1, 0.15) is 52.5 Å². The van der Waals surface area contributed by atoms with Crippen molar-refractivity contribution in [3.05, 3.63) is 45.6 Å². The number of ether oxygens (including phenoxy) is 1. The lowest BCUT2D eigenvalue weighted by molar-refractivity contribution is 0.0127. The van der Waals surface area contributed by atoms with Gasteiger partial charge in [0.05, 0.1) is 23.9 Å². The van der Waals surface area contributed by atoms with Crippen LogP contribution in [-0.2, 0) is 17.6 Å². The van der Waals surface area contributed by atoms with Gasteiger partial charge >= 0.3 is 0 Å². The summed E-state index contributed by atoms with van der Waals surface area (Å²) < 4.78 is 5.97. The van der Waals surface area contributed by atoms with Crippen molar-refractivity contribution in [2.24, 2.45) is 5.73 Å². The van der Waals surface area contributed by atoms with Gasteiger partial charge in [-0.05, 0) is 70.2 Å². The third-order valence-electron chi connectivity index (χ3n) is 6.90. The Morgan fingerprint density at radius 3 is 2.83 bits per heavy atom. The smallest absolute Gasteiger partial charge is 0.263 e. The Morgan fingerprint density at radius 2 is 2.06 bits per heavy atom. The van der Waals surface area contributed by atoms with E-state index in [1.54, 1.807) is 0 Å². The zero-order chi connectivity index (χ0) is 24.9. The molecule has 0 aromatic carbocycles. The summed E-state index contributed by atoms with van der Waals surface area (Å²) in [5, 5.41) is 4.09. The number of hydrogen-bond donors (Lipinski definition) is 3. The molecule has 0 radical (unpaired) electrons. The van der Waals surface area contributed by atoms with Crippen molar-refractivity contribution in [3.63, 3.8) is 0 Å². The molecule has 0 bridgehead atoms. The van der Waals surface area contributed by atoms with Gasteiger partial charge in [-0.3, -0.25) is 4.79 Å². The number of carbonyl (C=O) groups excluding carboxylic acids is 1. The van der Waals surface area contributed by atoms with Gasteiger partial charge in [-0.2, -0.15) is 0 Å². The first-order valence-electron chi connectivity index (χ1n) is 12.3. The molecule has 1 fully saturated rings. The maximum Gasteiger partial charge on any atom is 0.263 e. The highest BCUT2D eigenvalue weighted by molar-refractivity contribution is 7.21. The molecule has 3 unspecified atom stereocenters. The summed E-state index contributed by atoms with van der Waals surface area (Å²) in [6, 6.07) is 6.24. The lowest BCUT2D eigenvalue weighted by atomic mass is 9.91. The van der Waals surface area contributed by atoms with Crippen molar-refractivity contribution in [3.8, 4) is 0 Å². The van der Waals surface area contributed by atoms with E-state index in [2.05, 4.69) is 27.3 Å². The van der Waals surface area contributed by atoms with E-state index in [-0.39, 0.29) is 30.2 Å². The molecule has 186 valence electrons. The number of anilines is 2. The summed E-state index contributed by atoms with van der Waals surface area (Å²) in [5.74, 6) is 0.829. The fraction of sp³-hybridized carbons (Fsp3) is 0.500. The van der Waals surface area contributed by atoms with Crippen LogP contribution >= 0.6 is 11.3 Å².